The van der Waals surface area contributed by atoms with Crippen LogP contribution in [0.3, 0.4) is 0 Å². The van der Waals surface area contributed by atoms with Gasteiger partial charge in [-0.3, -0.25) is 0 Å². The van der Waals surface area contributed by atoms with E-state index in [1.54, 1.807) is 18.2 Å². The van der Waals surface area contributed by atoms with Crippen LogP contribution in [0.15, 0.2) is 53.1 Å². The number of halogens is 2. The van der Waals surface area contributed by atoms with E-state index in [0.717, 1.165) is 11.1 Å². The summed E-state index contributed by atoms with van der Waals surface area (Å²) in [5.74, 6) is 0.744. The van der Waals surface area contributed by atoms with Crippen LogP contribution in [0.2, 0.25) is 10.0 Å². The van der Waals surface area contributed by atoms with Crippen molar-refractivity contribution in [1.29, 1.82) is 0 Å². The van der Waals surface area contributed by atoms with Crippen molar-refractivity contribution in [2.75, 3.05) is 0 Å². The van der Waals surface area contributed by atoms with Crippen LogP contribution in [0.5, 0.6) is 0 Å². The maximum atomic E-state index is 6.13. The molecule has 1 heterocycles. The summed E-state index contributed by atoms with van der Waals surface area (Å²) in [6.07, 6.45) is 0. The molecule has 2 aromatic carbocycles. The Labute approximate surface area is 131 Å². The zero-order valence-corrected chi connectivity index (χ0v) is 12.3. The summed E-state index contributed by atoms with van der Waals surface area (Å²) in [6, 6.07) is 13.9. The molecule has 0 unspecified atom stereocenters. The van der Waals surface area contributed by atoms with Crippen LogP contribution < -0.4 is 5.73 Å². The van der Waals surface area contributed by atoms with E-state index in [1.807, 2.05) is 30.3 Å². The molecule has 0 saturated carbocycles. The van der Waals surface area contributed by atoms with Gasteiger partial charge in [0.1, 0.15) is 6.04 Å². The van der Waals surface area contributed by atoms with Gasteiger partial charge in [0.25, 0.3) is 0 Å². The van der Waals surface area contributed by atoms with Gasteiger partial charge in [0, 0.05) is 15.6 Å². The Kier molecular flexibility index (Phi) is 3.92. The Morgan fingerprint density at radius 1 is 1.05 bits per heavy atom. The lowest BCUT2D eigenvalue weighted by molar-refractivity contribution is 0.367. The summed E-state index contributed by atoms with van der Waals surface area (Å²) in [5.41, 5.74) is 7.64. The fourth-order valence-corrected chi connectivity index (χ4v) is 2.41. The van der Waals surface area contributed by atoms with Crippen molar-refractivity contribution < 1.29 is 4.52 Å². The van der Waals surface area contributed by atoms with E-state index < -0.39 is 6.04 Å². The Morgan fingerprint density at radius 3 is 2.62 bits per heavy atom. The van der Waals surface area contributed by atoms with Gasteiger partial charge in [-0.05, 0) is 23.8 Å². The third kappa shape index (κ3) is 2.93. The molecule has 0 spiro atoms. The highest BCUT2D eigenvalue weighted by atomic mass is 35.5. The van der Waals surface area contributed by atoms with Crippen LogP contribution >= 0.6 is 23.2 Å². The van der Waals surface area contributed by atoms with Crippen molar-refractivity contribution in [2.24, 2.45) is 5.73 Å². The average molecular weight is 320 g/mol. The second kappa shape index (κ2) is 5.85. The molecule has 1 atom stereocenters. The third-order valence-electron chi connectivity index (χ3n) is 3.03. The number of nitrogens with two attached hydrogens (primary N) is 1. The number of hydrogen-bond donors (Lipinski definition) is 1. The van der Waals surface area contributed by atoms with Crippen LogP contribution in [0.1, 0.15) is 17.5 Å². The van der Waals surface area contributed by atoms with Crippen LogP contribution in [0.4, 0.5) is 0 Å². The maximum Gasteiger partial charge on any atom is 0.248 e. The first-order chi connectivity index (χ1) is 10.1. The molecule has 4 nitrogen and oxygen atoms in total. The number of nitrogens with zero attached hydrogens (tertiary/aromatic N) is 2. The first-order valence-electron chi connectivity index (χ1n) is 6.24. The van der Waals surface area contributed by atoms with Gasteiger partial charge in [0.2, 0.25) is 11.7 Å². The predicted molar refractivity (Wildman–Crippen MR) is 82.2 cm³/mol. The van der Waals surface area contributed by atoms with Crippen molar-refractivity contribution in [3.05, 3.63) is 70.0 Å². The zero-order valence-electron chi connectivity index (χ0n) is 10.8. The van der Waals surface area contributed by atoms with E-state index in [9.17, 15) is 0 Å². The molecule has 0 radical (unpaired) electrons. The molecule has 0 fully saturated rings. The smallest absolute Gasteiger partial charge is 0.248 e. The second-order valence-electron chi connectivity index (χ2n) is 4.47. The molecule has 0 aliphatic heterocycles. The van der Waals surface area contributed by atoms with Gasteiger partial charge in [-0.15, -0.1) is 0 Å². The third-order valence-corrected chi connectivity index (χ3v) is 3.61. The number of rotatable bonds is 3. The summed E-state index contributed by atoms with van der Waals surface area (Å²) in [4.78, 5) is 4.32. The van der Waals surface area contributed by atoms with Crippen molar-refractivity contribution in [1.82, 2.24) is 10.1 Å². The van der Waals surface area contributed by atoms with Gasteiger partial charge < -0.3 is 10.3 Å². The molecule has 106 valence electrons. The fourth-order valence-electron chi connectivity index (χ4n) is 1.97. The molecule has 2 N–H and O–H groups in total. The molecular weight excluding hydrogens is 309 g/mol. The number of benzene rings is 2. The Hall–Kier alpha value is -1.88. The maximum absolute atomic E-state index is 6.13. The largest absolute Gasteiger partial charge is 0.337 e. The molecule has 0 saturated heterocycles. The van der Waals surface area contributed by atoms with Crippen LogP contribution in [-0.2, 0) is 0 Å². The molecule has 0 amide bonds. The number of hydrogen-bond acceptors (Lipinski definition) is 4. The summed E-state index contributed by atoms with van der Waals surface area (Å²) in [5, 5.41) is 5.10. The first-order valence-corrected chi connectivity index (χ1v) is 7.00. The lowest BCUT2D eigenvalue weighted by atomic mass is 10.1. The first kappa shape index (κ1) is 14.1. The summed E-state index contributed by atoms with van der Waals surface area (Å²) in [6.45, 7) is 0. The second-order valence-corrected chi connectivity index (χ2v) is 5.31. The molecule has 6 heteroatoms. The molecule has 3 rings (SSSR count). The minimum absolute atomic E-state index is 0.304. The van der Waals surface area contributed by atoms with Crippen LogP contribution in [0.25, 0.3) is 11.4 Å². The summed E-state index contributed by atoms with van der Waals surface area (Å²) < 4.78 is 5.24. The van der Waals surface area contributed by atoms with Crippen LogP contribution in [-0.4, -0.2) is 10.1 Å². The van der Waals surface area contributed by atoms with Gasteiger partial charge in [-0.2, -0.15) is 4.98 Å². The van der Waals surface area contributed by atoms with Crippen LogP contribution in [0, 0.1) is 0 Å². The quantitative estimate of drug-likeness (QED) is 0.789. The molecule has 0 bridgehead atoms. The van der Waals surface area contributed by atoms with E-state index in [2.05, 4.69) is 10.1 Å². The Bertz CT molecular complexity index is 773. The van der Waals surface area contributed by atoms with E-state index in [1.165, 1.54) is 0 Å². The molecule has 21 heavy (non-hydrogen) atoms. The van der Waals surface area contributed by atoms with E-state index in [4.69, 9.17) is 33.5 Å². The minimum atomic E-state index is -0.570. The van der Waals surface area contributed by atoms with Crippen molar-refractivity contribution in [3.8, 4) is 11.4 Å². The molecular formula is C15H11Cl2N3O. The normalized spacial score (nSPS) is 12.3. The van der Waals surface area contributed by atoms with E-state index >= 15 is 0 Å². The summed E-state index contributed by atoms with van der Waals surface area (Å²) >= 11 is 12.1. The SMILES string of the molecule is N[C@@H](c1nc(-c2cccc(Cl)c2)no1)c1ccccc1Cl. The van der Waals surface area contributed by atoms with Gasteiger partial charge in [-0.1, -0.05) is 58.7 Å². The average Bonchev–Trinajstić information content (AvgIpc) is 2.97. The number of aromatic nitrogens is 2. The Balaban J connectivity index is 1.93. The molecule has 0 aliphatic carbocycles. The predicted octanol–water partition coefficient (Wildman–Crippen LogP) is 4.09. The lowest BCUT2D eigenvalue weighted by Crippen LogP contribution is -2.12. The lowest BCUT2D eigenvalue weighted by Gasteiger charge is -2.08. The topological polar surface area (TPSA) is 64.9 Å². The van der Waals surface area contributed by atoms with Gasteiger partial charge in [0.15, 0.2) is 0 Å². The fraction of sp³-hybridized carbons (Fsp3) is 0.0667. The van der Waals surface area contributed by atoms with Gasteiger partial charge in [-0.25, -0.2) is 0 Å². The van der Waals surface area contributed by atoms with Crippen molar-refractivity contribution >= 4 is 23.2 Å². The zero-order chi connectivity index (χ0) is 14.8. The van der Waals surface area contributed by atoms with Crippen molar-refractivity contribution in [2.45, 2.75) is 6.04 Å². The molecule has 3 aromatic rings. The van der Waals surface area contributed by atoms with Gasteiger partial charge >= 0.3 is 0 Å². The highest BCUT2D eigenvalue weighted by Gasteiger charge is 2.19. The van der Waals surface area contributed by atoms with E-state index in [-0.39, 0.29) is 0 Å². The van der Waals surface area contributed by atoms with Crippen molar-refractivity contribution in [3.63, 3.8) is 0 Å². The molecule has 1 aromatic heterocycles. The Morgan fingerprint density at radius 2 is 1.86 bits per heavy atom. The monoisotopic (exact) mass is 319 g/mol. The molecule has 0 aliphatic rings. The van der Waals surface area contributed by atoms with Gasteiger partial charge in [0.05, 0.1) is 0 Å². The standard InChI is InChI=1S/C15H11Cl2N3O/c16-10-5-3-4-9(8-10)14-19-15(21-20-14)13(18)11-6-1-2-7-12(11)17/h1-8,13H,18H2/t13-/m1/s1. The minimum Gasteiger partial charge on any atom is -0.337 e. The highest BCUT2D eigenvalue weighted by molar-refractivity contribution is 6.31. The van der Waals surface area contributed by atoms with E-state index in [0.29, 0.717) is 21.8 Å². The highest BCUT2D eigenvalue weighted by Crippen LogP contribution is 2.27. The summed E-state index contributed by atoms with van der Waals surface area (Å²) in [7, 11) is 0.